The van der Waals surface area contributed by atoms with Gasteiger partial charge in [0.1, 0.15) is 0 Å². The lowest BCUT2D eigenvalue weighted by Crippen LogP contribution is -2.50. The van der Waals surface area contributed by atoms with Crippen LogP contribution in [0.2, 0.25) is 0 Å². The van der Waals surface area contributed by atoms with E-state index in [0.717, 1.165) is 24.2 Å². The summed E-state index contributed by atoms with van der Waals surface area (Å²) in [6.45, 7) is 4.96. The first-order valence-electron chi connectivity index (χ1n) is 8.93. The molecule has 0 heterocycles. The lowest BCUT2D eigenvalue weighted by Gasteiger charge is -2.57. The molecule has 0 bridgehead atoms. The fourth-order valence-electron chi connectivity index (χ4n) is 6.73. The van der Waals surface area contributed by atoms with E-state index in [4.69, 9.17) is 0 Å². The summed E-state index contributed by atoms with van der Waals surface area (Å²) in [6.07, 6.45) is 14.4. The molecule has 4 rings (SSSR count). The maximum atomic E-state index is 10.5. The van der Waals surface area contributed by atoms with Crippen molar-refractivity contribution in [1.82, 2.24) is 0 Å². The van der Waals surface area contributed by atoms with E-state index in [-0.39, 0.29) is 11.5 Å². The lowest BCUT2D eigenvalue weighted by molar-refractivity contribution is -0.0736. The first-order chi connectivity index (χ1) is 9.56. The number of rotatable bonds is 0. The Kier molecular flexibility index (Phi) is 2.91. The van der Waals surface area contributed by atoms with Crippen LogP contribution >= 0.6 is 0 Å². The molecule has 4 aliphatic rings. The molecular formula is C19H30O. The maximum Gasteiger partial charge on any atom is 0.0596 e. The zero-order chi connectivity index (χ0) is 14.0. The summed E-state index contributed by atoms with van der Waals surface area (Å²) in [4.78, 5) is 0. The van der Waals surface area contributed by atoms with Crippen molar-refractivity contribution in [2.45, 2.75) is 77.7 Å². The fraction of sp³-hybridized carbons (Fsp3) is 0.895. The third-order valence-corrected chi connectivity index (χ3v) is 7.98. The minimum atomic E-state index is -0.0236. The normalized spacial score (nSPS) is 54.6. The van der Waals surface area contributed by atoms with Gasteiger partial charge in [-0.05, 0) is 86.4 Å². The second-order valence-electron chi connectivity index (χ2n) is 8.59. The third kappa shape index (κ3) is 1.59. The maximum absolute atomic E-state index is 10.5. The van der Waals surface area contributed by atoms with Crippen molar-refractivity contribution < 1.29 is 5.11 Å². The molecule has 0 radical (unpaired) electrons. The molecule has 0 aromatic carbocycles. The van der Waals surface area contributed by atoms with E-state index in [1.165, 1.54) is 51.4 Å². The number of aliphatic hydroxyl groups is 1. The number of fused-ring (bicyclic) bond motifs is 5. The van der Waals surface area contributed by atoms with Gasteiger partial charge in [-0.2, -0.15) is 0 Å². The molecule has 0 aliphatic heterocycles. The average Bonchev–Trinajstić information content (AvgIpc) is 2.74. The first-order valence-corrected chi connectivity index (χ1v) is 8.93. The zero-order valence-corrected chi connectivity index (χ0v) is 13.2. The molecule has 3 saturated carbocycles. The van der Waals surface area contributed by atoms with Crippen LogP contribution in [0.4, 0.5) is 0 Å². The smallest absolute Gasteiger partial charge is 0.0596 e. The summed E-state index contributed by atoms with van der Waals surface area (Å²) in [5.74, 6) is 2.61. The molecule has 0 spiro atoms. The zero-order valence-electron chi connectivity index (χ0n) is 13.2. The van der Waals surface area contributed by atoms with Gasteiger partial charge in [0.05, 0.1) is 6.10 Å². The third-order valence-electron chi connectivity index (χ3n) is 7.98. The SMILES string of the molecule is C[C@]12CCC3[C@@H](CCC4=CCCC[C@@]43C)[C@@H]1CC[C@@H]2O. The number of aliphatic hydroxyl groups excluding tert-OH is 1. The van der Waals surface area contributed by atoms with Gasteiger partial charge in [0.2, 0.25) is 0 Å². The summed E-state index contributed by atoms with van der Waals surface area (Å²) in [5.41, 5.74) is 2.55. The molecule has 1 N–H and O–H groups in total. The van der Waals surface area contributed by atoms with E-state index in [1.807, 2.05) is 0 Å². The van der Waals surface area contributed by atoms with Crippen LogP contribution in [0.1, 0.15) is 71.6 Å². The highest BCUT2D eigenvalue weighted by atomic mass is 16.3. The number of hydrogen-bond donors (Lipinski definition) is 1. The van der Waals surface area contributed by atoms with E-state index in [1.54, 1.807) is 5.57 Å². The summed E-state index contributed by atoms with van der Waals surface area (Å²) in [6, 6.07) is 0. The Bertz CT molecular complexity index is 439. The highest BCUT2D eigenvalue weighted by Crippen LogP contribution is 2.65. The Labute approximate surface area is 123 Å². The van der Waals surface area contributed by atoms with Crippen LogP contribution in [0.3, 0.4) is 0 Å². The van der Waals surface area contributed by atoms with Crippen LogP contribution in [0.15, 0.2) is 11.6 Å². The molecular weight excluding hydrogens is 244 g/mol. The average molecular weight is 274 g/mol. The Morgan fingerprint density at radius 2 is 1.90 bits per heavy atom. The van der Waals surface area contributed by atoms with Crippen molar-refractivity contribution in [2.75, 3.05) is 0 Å². The number of hydrogen-bond acceptors (Lipinski definition) is 1. The van der Waals surface area contributed by atoms with Gasteiger partial charge in [0.25, 0.3) is 0 Å². The Hall–Kier alpha value is -0.300. The Balaban J connectivity index is 1.68. The van der Waals surface area contributed by atoms with Crippen LogP contribution in [0, 0.1) is 28.6 Å². The summed E-state index contributed by atoms with van der Waals surface area (Å²) in [5, 5.41) is 10.5. The van der Waals surface area contributed by atoms with Gasteiger partial charge in [0, 0.05) is 0 Å². The Morgan fingerprint density at radius 1 is 1.05 bits per heavy atom. The van der Waals surface area contributed by atoms with Gasteiger partial charge in [-0.3, -0.25) is 0 Å². The topological polar surface area (TPSA) is 20.2 Å². The van der Waals surface area contributed by atoms with Crippen molar-refractivity contribution in [3.8, 4) is 0 Å². The molecule has 0 aromatic heterocycles. The van der Waals surface area contributed by atoms with Crippen LogP contribution < -0.4 is 0 Å². The Morgan fingerprint density at radius 3 is 2.75 bits per heavy atom. The van der Waals surface area contributed by atoms with Crippen molar-refractivity contribution in [1.29, 1.82) is 0 Å². The molecule has 0 saturated heterocycles. The molecule has 1 heteroatoms. The summed E-state index contributed by atoms with van der Waals surface area (Å²) < 4.78 is 0. The van der Waals surface area contributed by atoms with E-state index in [0.29, 0.717) is 5.41 Å². The van der Waals surface area contributed by atoms with Crippen LogP contribution in [0.25, 0.3) is 0 Å². The van der Waals surface area contributed by atoms with Crippen molar-refractivity contribution in [3.63, 3.8) is 0 Å². The highest BCUT2D eigenvalue weighted by Gasteiger charge is 2.58. The second-order valence-corrected chi connectivity index (χ2v) is 8.59. The minimum absolute atomic E-state index is 0.0236. The van der Waals surface area contributed by atoms with Crippen molar-refractivity contribution in [3.05, 3.63) is 11.6 Å². The lowest BCUT2D eigenvalue weighted by atomic mass is 9.47. The number of allylic oxidation sites excluding steroid dienone is 2. The van der Waals surface area contributed by atoms with Gasteiger partial charge < -0.3 is 5.11 Å². The summed E-state index contributed by atoms with van der Waals surface area (Å²) >= 11 is 0. The van der Waals surface area contributed by atoms with Gasteiger partial charge in [-0.25, -0.2) is 0 Å². The minimum Gasteiger partial charge on any atom is -0.393 e. The van der Waals surface area contributed by atoms with Gasteiger partial charge >= 0.3 is 0 Å². The highest BCUT2D eigenvalue weighted by molar-refractivity contribution is 5.23. The van der Waals surface area contributed by atoms with E-state index in [9.17, 15) is 5.11 Å². The molecule has 0 aromatic rings. The molecule has 1 unspecified atom stereocenters. The fourth-order valence-corrected chi connectivity index (χ4v) is 6.73. The quantitative estimate of drug-likeness (QED) is 0.635. The van der Waals surface area contributed by atoms with Gasteiger partial charge in [-0.15, -0.1) is 0 Å². The van der Waals surface area contributed by atoms with E-state index < -0.39 is 0 Å². The van der Waals surface area contributed by atoms with Gasteiger partial charge in [0.15, 0.2) is 0 Å². The first kappa shape index (κ1) is 13.4. The van der Waals surface area contributed by atoms with Crippen LogP contribution in [-0.4, -0.2) is 11.2 Å². The molecule has 3 fully saturated rings. The summed E-state index contributed by atoms with van der Waals surface area (Å²) in [7, 11) is 0. The predicted molar refractivity (Wildman–Crippen MR) is 82.3 cm³/mol. The van der Waals surface area contributed by atoms with Crippen LogP contribution in [-0.2, 0) is 0 Å². The van der Waals surface area contributed by atoms with Gasteiger partial charge in [-0.1, -0.05) is 25.5 Å². The molecule has 6 atom stereocenters. The molecule has 1 nitrogen and oxygen atoms in total. The molecule has 0 amide bonds. The predicted octanol–water partition coefficient (Wildman–Crippen LogP) is 4.70. The largest absolute Gasteiger partial charge is 0.393 e. The van der Waals surface area contributed by atoms with E-state index in [2.05, 4.69) is 19.9 Å². The van der Waals surface area contributed by atoms with Crippen molar-refractivity contribution >= 4 is 0 Å². The van der Waals surface area contributed by atoms with Crippen molar-refractivity contribution in [2.24, 2.45) is 28.6 Å². The standard InChI is InChI=1S/C19H30O/c1-18-11-4-3-5-13(18)6-7-14-15-8-9-17(20)19(15,2)12-10-16(14)18/h5,14-17,20H,3-4,6-12H2,1-2H3/t14-,15-,16?,17-,18-,19-/m0/s1. The van der Waals surface area contributed by atoms with E-state index >= 15 is 0 Å². The molecule has 4 aliphatic carbocycles. The second kappa shape index (κ2) is 4.35. The molecule has 20 heavy (non-hydrogen) atoms. The molecule has 112 valence electrons. The van der Waals surface area contributed by atoms with Crippen LogP contribution in [0.5, 0.6) is 0 Å². The monoisotopic (exact) mass is 274 g/mol.